The summed E-state index contributed by atoms with van der Waals surface area (Å²) in [5.41, 5.74) is 27.0. The SMILES string of the molecule is c1ccc(-c2ccc3c(c2)c2cc(-c4ccccc4)ccc2n3-c2ccc(-c3nc(-c4ccccc4)nc(-c4ccccc4)n3)cc2-c2cc(-c3ccccc3)nc(-c3cccc(-c4ccc5c6c4N(c4ccccc4)c4ccccc4B6c4ccccc4N5c4ccccc4)c3)n2)cc1. The van der Waals surface area contributed by atoms with Crippen molar-refractivity contribution in [3.8, 4) is 107 Å². The van der Waals surface area contributed by atoms with Crippen molar-refractivity contribution in [1.82, 2.24) is 29.5 Å². The number of hydrogen-bond donors (Lipinski definition) is 0. The molecule has 0 bridgehead atoms. The molecule has 3 aromatic heterocycles. The maximum atomic E-state index is 5.84. The Bertz CT molecular complexity index is 5810. The van der Waals surface area contributed by atoms with E-state index in [-0.39, 0.29) is 6.71 Å². The van der Waals surface area contributed by atoms with Crippen molar-refractivity contribution >= 4 is 79.0 Å². The average molecular weight is 1280 g/mol. The summed E-state index contributed by atoms with van der Waals surface area (Å²) in [6.45, 7) is -0.0578. The van der Waals surface area contributed by atoms with Gasteiger partial charge >= 0.3 is 0 Å². The van der Waals surface area contributed by atoms with E-state index in [2.05, 4.69) is 336 Å². The first-order valence-corrected chi connectivity index (χ1v) is 33.9. The molecule has 19 rings (SSSR count). The summed E-state index contributed by atoms with van der Waals surface area (Å²) < 4.78 is 2.42. The number of nitrogens with zero attached hydrogens (tertiary/aromatic N) is 8. The lowest BCUT2D eigenvalue weighted by Gasteiger charge is -2.45. The molecule has 0 amide bonds. The summed E-state index contributed by atoms with van der Waals surface area (Å²) in [5, 5.41) is 2.26. The van der Waals surface area contributed by atoms with Crippen LogP contribution in [0, 0.1) is 0 Å². The van der Waals surface area contributed by atoms with E-state index < -0.39 is 0 Å². The Kier molecular flexibility index (Phi) is 14.1. The fourth-order valence-electron chi connectivity index (χ4n) is 15.1. The summed E-state index contributed by atoms with van der Waals surface area (Å²) in [5.74, 6) is 2.27. The molecule has 2 aliphatic rings. The molecule has 0 atom stereocenters. The van der Waals surface area contributed by atoms with Crippen molar-refractivity contribution in [3.05, 3.63) is 358 Å². The molecule has 2 aliphatic heterocycles. The van der Waals surface area contributed by atoms with Gasteiger partial charge in [-0.15, -0.1) is 0 Å². The topological polar surface area (TPSA) is 75.9 Å². The van der Waals surface area contributed by atoms with Crippen LogP contribution in [0.15, 0.2) is 358 Å². The van der Waals surface area contributed by atoms with Crippen molar-refractivity contribution in [1.29, 1.82) is 0 Å². The zero-order chi connectivity index (χ0) is 66.0. The van der Waals surface area contributed by atoms with E-state index in [4.69, 9.17) is 24.9 Å². The molecule has 466 valence electrons. The van der Waals surface area contributed by atoms with Crippen LogP contribution in [0.2, 0.25) is 0 Å². The number of hydrogen-bond acceptors (Lipinski definition) is 7. The van der Waals surface area contributed by atoms with E-state index in [1.807, 2.05) is 36.4 Å². The lowest BCUT2D eigenvalue weighted by molar-refractivity contribution is 1.07. The number of anilines is 6. The van der Waals surface area contributed by atoms with Crippen LogP contribution in [-0.4, -0.2) is 36.2 Å². The number of fused-ring (bicyclic) bond motifs is 7. The Labute approximate surface area is 579 Å². The summed E-state index contributed by atoms with van der Waals surface area (Å²) in [7, 11) is 0. The zero-order valence-corrected chi connectivity index (χ0v) is 54.2. The van der Waals surface area contributed by atoms with Crippen molar-refractivity contribution in [2.45, 2.75) is 0 Å². The van der Waals surface area contributed by atoms with Crippen LogP contribution in [0.5, 0.6) is 0 Å². The standard InChI is InChI=1S/C91H59BN8/c1-8-27-60(28-9-1)65-47-51-80-73(56-65)74-57-66(61-29-10-2-11-30-61)48-52-81(74)100(80)82-53-49-69(91-96-88(63-33-14-4-15-34-63)95-89(97-91)64-35-16-5-17-36-64)58-75(82)79-59-78(62-31-12-3-13-32-62)93-90(94-79)68-38-26-37-67(55-68)72-50-54-85-86-87(72)99(71-41-20-7-21-42-71)84-46-25-23-44-77(84)92(86)76-43-22-24-45-83(76)98(85)70-39-18-6-19-40-70/h1-59H. The molecule has 0 radical (unpaired) electrons. The fourth-order valence-corrected chi connectivity index (χ4v) is 15.1. The second-order valence-electron chi connectivity index (χ2n) is 25.5. The highest BCUT2D eigenvalue weighted by Gasteiger charge is 2.44. The minimum atomic E-state index is -0.0578. The van der Waals surface area contributed by atoms with E-state index in [9.17, 15) is 0 Å². The van der Waals surface area contributed by atoms with Crippen LogP contribution in [0.25, 0.3) is 129 Å². The van der Waals surface area contributed by atoms with Gasteiger partial charge in [-0.25, -0.2) is 24.9 Å². The molecule has 0 fully saturated rings. The third-order valence-electron chi connectivity index (χ3n) is 19.6. The third-order valence-corrected chi connectivity index (χ3v) is 19.6. The highest BCUT2D eigenvalue weighted by atomic mass is 15.2. The van der Waals surface area contributed by atoms with Crippen molar-refractivity contribution in [2.75, 3.05) is 9.80 Å². The summed E-state index contributed by atoms with van der Waals surface area (Å²) in [6.07, 6.45) is 0. The van der Waals surface area contributed by atoms with Gasteiger partial charge in [0.2, 0.25) is 0 Å². The number of rotatable bonds is 12. The normalized spacial score (nSPS) is 12.1. The van der Waals surface area contributed by atoms with Crippen LogP contribution in [0.4, 0.5) is 34.1 Å². The summed E-state index contributed by atoms with van der Waals surface area (Å²) >= 11 is 0. The monoisotopic (exact) mass is 1270 g/mol. The van der Waals surface area contributed by atoms with Gasteiger partial charge in [0.15, 0.2) is 23.3 Å². The first kappa shape index (κ1) is 58.0. The second-order valence-corrected chi connectivity index (χ2v) is 25.5. The van der Waals surface area contributed by atoms with Gasteiger partial charge in [0.05, 0.1) is 33.8 Å². The van der Waals surface area contributed by atoms with Crippen LogP contribution in [-0.2, 0) is 0 Å². The second kappa shape index (κ2) is 24.4. The van der Waals surface area contributed by atoms with E-state index in [1.54, 1.807) is 0 Å². The summed E-state index contributed by atoms with van der Waals surface area (Å²) in [4.78, 5) is 32.1. The Morgan fingerprint density at radius 2 is 0.640 bits per heavy atom. The van der Waals surface area contributed by atoms with E-state index >= 15 is 0 Å². The quantitative estimate of drug-likeness (QED) is 0.113. The maximum Gasteiger partial charge on any atom is 0.252 e. The lowest BCUT2D eigenvalue weighted by Crippen LogP contribution is -2.61. The molecule has 0 saturated carbocycles. The lowest BCUT2D eigenvalue weighted by atomic mass is 9.33. The number of benzene rings is 14. The van der Waals surface area contributed by atoms with Gasteiger partial charge in [0.25, 0.3) is 6.71 Å². The molecule has 0 aliphatic carbocycles. The average Bonchev–Trinajstić information content (AvgIpc) is 0.732. The Morgan fingerprint density at radius 3 is 1.20 bits per heavy atom. The maximum absolute atomic E-state index is 5.84. The summed E-state index contributed by atoms with van der Waals surface area (Å²) in [6, 6.07) is 128. The largest absolute Gasteiger partial charge is 0.311 e. The molecule has 0 unspecified atom stereocenters. The molecule has 0 N–H and O–H groups in total. The highest BCUT2D eigenvalue weighted by Crippen LogP contribution is 2.49. The predicted octanol–water partition coefficient (Wildman–Crippen LogP) is 20.8. The van der Waals surface area contributed by atoms with Crippen molar-refractivity contribution < 1.29 is 0 Å². The predicted molar refractivity (Wildman–Crippen MR) is 413 cm³/mol. The first-order valence-electron chi connectivity index (χ1n) is 33.9. The molecular weight excluding hydrogens is 1220 g/mol. The zero-order valence-electron chi connectivity index (χ0n) is 54.2. The van der Waals surface area contributed by atoms with Crippen LogP contribution >= 0.6 is 0 Å². The minimum Gasteiger partial charge on any atom is -0.311 e. The van der Waals surface area contributed by atoms with Gasteiger partial charge in [-0.2, -0.15) is 0 Å². The van der Waals surface area contributed by atoms with Crippen LogP contribution < -0.4 is 26.2 Å². The van der Waals surface area contributed by atoms with Gasteiger partial charge in [-0.05, 0) is 141 Å². The molecule has 5 heterocycles. The Morgan fingerprint density at radius 1 is 0.230 bits per heavy atom. The Hall–Kier alpha value is -13.4. The fraction of sp³-hybridized carbons (Fsp3) is 0. The molecule has 8 nitrogen and oxygen atoms in total. The van der Waals surface area contributed by atoms with E-state index in [0.717, 1.165) is 134 Å². The number of para-hydroxylation sites is 4. The smallest absolute Gasteiger partial charge is 0.252 e. The first-order chi connectivity index (χ1) is 49.6. The van der Waals surface area contributed by atoms with Crippen molar-refractivity contribution in [3.63, 3.8) is 0 Å². The van der Waals surface area contributed by atoms with Crippen molar-refractivity contribution in [2.24, 2.45) is 0 Å². The van der Waals surface area contributed by atoms with Gasteiger partial charge in [-0.1, -0.05) is 261 Å². The van der Waals surface area contributed by atoms with Gasteiger partial charge < -0.3 is 14.4 Å². The Balaban J connectivity index is 0.853. The van der Waals surface area contributed by atoms with Gasteiger partial charge in [0.1, 0.15) is 0 Å². The molecule has 14 aromatic carbocycles. The third kappa shape index (κ3) is 10.1. The van der Waals surface area contributed by atoms with E-state index in [0.29, 0.717) is 23.3 Å². The number of aromatic nitrogens is 6. The van der Waals surface area contributed by atoms with Gasteiger partial charge in [-0.3, -0.25) is 0 Å². The van der Waals surface area contributed by atoms with E-state index in [1.165, 1.54) is 22.1 Å². The highest BCUT2D eigenvalue weighted by molar-refractivity contribution is 7.00. The van der Waals surface area contributed by atoms with Crippen LogP contribution in [0.1, 0.15) is 0 Å². The molecule has 100 heavy (non-hydrogen) atoms. The van der Waals surface area contributed by atoms with Gasteiger partial charge in [0, 0.05) is 78.2 Å². The molecule has 0 saturated heterocycles. The molecular formula is C91H59BN8. The molecule has 0 spiro atoms. The minimum absolute atomic E-state index is 0.0578. The molecule has 17 aromatic rings. The van der Waals surface area contributed by atoms with Crippen LogP contribution in [0.3, 0.4) is 0 Å². The molecule has 9 heteroatoms.